The van der Waals surface area contributed by atoms with Gasteiger partial charge in [-0.1, -0.05) is 12.1 Å². The lowest BCUT2D eigenvalue weighted by molar-refractivity contribution is -0.131. The Labute approximate surface area is 127 Å². The van der Waals surface area contributed by atoms with Crippen LogP contribution in [0.25, 0.3) is 0 Å². The molecule has 1 fully saturated rings. The van der Waals surface area contributed by atoms with E-state index in [9.17, 15) is 4.79 Å². The van der Waals surface area contributed by atoms with Crippen LogP contribution in [-0.4, -0.2) is 37.6 Å². The van der Waals surface area contributed by atoms with E-state index in [2.05, 4.69) is 5.32 Å². The number of benzene rings is 1. The van der Waals surface area contributed by atoms with Crippen LogP contribution in [0, 0.1) is 5.92 Å². The van der Waals surface area contributed by atoms with Crippen molar-refractivity contribution in [3.8, 4) is 5.75 Å². The summed E-state index contributed by atoms with van der Waals surface area (Å²) in [6.07, 6.45) is 2.90. The van der Waals surface area contributed by atoms with Crippen molar-refractivity contribution in [1.82, 2.24) is 10.2 Å². The number of piperidine rings is 1. The predicted octanol–water partition coefficient (Wildman–Crippen LogP) is 2.43. The Hall–Kier alpha value is -1.55. The molecule has 21 heavy (non-hydrogen) atoms. The van der Waals surface area contributed by atoms with Crippen molar-refractivity contribution in [3.05, 3.63) is 29.8 Å². The molecule has 1 aliphatic heterocycles. The maximum atomic E-state index is 12.3. The Balaban J connectivity index is 1.81. The molecular weight excluding hydrogens is 264 g/mol. The standard InChI is InChI=1S/C17H26N2O2/c1-3-21-16-6-4-15(5-7-16)13-19(2)17(20)12-14-8-10-18-11-9-14/h4-7,14,18H,3,8-13H2,1-2H3. The van der Waals surface area contributed by atoms with Gasteiger partial charge in [0.2, 0.25) is 5.91 Å². The minimum atomic E-state index is 0.246. The molecule has 0 atom stereocenters. The predicted molar refractivity (Wildman–Crippen MR) is 84.3 cm³/mol. The normalized spacial score (nSPS) is 15.7. The van der Waals surface area contributed by atoms with Crippen molar-refractivity contribution >= 4 is 5.91 Å². The Bertz CT molecular complexity index is 439. The monoisotopic (exact) mass is 290 g/mol. The summed E-state index contributed by atoms with van der Waals surface area (Å²) < 4.78 is 5.43. The molecule has 1 amide bonds. The van der Waals surface area contributed by atoms with Gasteiger partial charge in [0.05, 0.1) is 6.61 Å². The zero-order valence-corrected chi connectivity index (χ0v) is 13.1. The lowest BCUT2D eigenvalue weighted by Gasteiger charge is -2.25. The number of rotatable bonds is 6. The van der Waals surface area contributed by atoms with E-state index in [0.717, 1.165) is 37.2 Å². The number of hydrogen-bond donors (Lipinski definition) is 1. The van der Waals surface area contributed by atoms with Crippen LogP contribution in [-0.2, 0) is 11.3 Å². The van der Waals surface area contributed by atoms with Crippen LogP contribution in [0.1, 0.15) is 31.7 Å². The van der Waals surface area contributed by atoms with E-state index in [0.29, 0.717) is 25.5 Å². The summed E-state index contributed by atoms with van der Waals surface area (Å²) in [6.45, 7) is 5.40. The summed E-state index contributed by atoms with van der Waals surface area (Å²) >= 11 is 0. The van der Waals surface area contributed by atoms with Gasteiger partial charge in [0.25, 0.3) is 0 Å². The highest BCUT2D eigenvalue weighted by molar-refractivity contribution is 5.76. The highest BCUT2D eigenvalue weighted by Gasteiger charge is 2.19. The van der Waals surface area contributed by atoms with Gasteiger partial charge in [-0.3, -0.25) is 4.79 Å². The van der Waals surface area contributed by atoms with E-state index >= 15 is 0 Å². The molecule has 4 nitrogen and oxygen atoms in total. The van der Waals surface area contributed by atoms with Crippen LogP contribution < -0.4 is 10.1 Å². The maximum absolute atomic E-state index is 12.3. The molecular formula is C17H26N2O2. The number of amides is 1. The van der Waals surface area contributed by atoms with Crippen LogP contribution >= 0.6 is 0 Å². The molecule has 1 aromatic rings. The fraction of sp³-hybridized carbons (Fsp3) is 0.588. The van der Waals surface area contributed by atoms with E-state index in [1.807, 2.05) is 43.1 Å². The molecule has 1 saturated heterocycles. The van der Waals surface area contributed by atoms with E-state index in [1.165, 1.54) is 0 Å². The molecule has 0 aromatic heterocycles. The smallest absolute Gasteiger partial charge is 0.222 e. The van der Waals surface area contributed by atoms with E-state index < -0.39 is 0 Å². The van der Waals surface area contributed by atoms with Gasteiger partial charge in [0.1, 0.15) is 5.75 Å². The van der Waals surface area contributed by atoms with Crippen molar-refractivity contribution in [2.24, 2.45) is 5.92 Å². The van der Waals surface area contributed by atoms with Gasteiger partial charge in [-0.25, -0.2) is 0 Å². The number of nitrogens with one attached hydrogen (secondary N) is 1. The molecule has 0 radical (unpaired) electrons. The van der Waals surface area contributed by atoms with Crippen molar-refractivity contribution in [1.29, 1.82) is 0 Å². The Morgan fingerprint density at radius 3 is 2.57 bits per heavy atom. The van der Waals surface area contributed by atoms with Crippen LogP contribution in [0.4, 0.5) is 0 Å². The lowest BCUT2D eigenvalue weighted by Crippen LogP contribution is -2.33. The Kier molecular flexibility index (Phi) is 6.05. The first-order valence-electron chi connectivity index (χ1n) is 7.85. The second kappa shape index (κ2) is 8.03. The second-order valence-corrected chi connectivity index (χ2v) is 5.72. The van der Waals surface area contributed by atoms with Crippen LogP contribution in [0.2, 0.25) is 0 Å². The zero-order chi connectivity index (χ0) is 15.1. The molecule has 0 bridgehead atoms. The van der Waals surface area contributed by atoms with Gasteiger partial charge in [0.15, 0.2) is 0 Å². The van der Waals surface area contributed by atoms with Gasteiger partial charge in [-0.2, -0.15) is 0 Å². The number of carbonyl (C=O) groups excluding carboxylic acids is 1. The molecule has 0 unspecified atom stereocenters. The highest BCUT2D eigenvalue weighted by Crippen LogP contribution is 2.18. The summed E-state index contributed by atoms with van der Waals surface area (Å²) in [7, 11) is 1.89. The molecule has 116 valence electrons. The van der Waals surface area contributed by atoms with E-state index in [-0.39, 0.29) is 5.91 Å². The van der Waals surface area contributed by atoms with Gasteiger partial charge < -0.3 is 15.0 Å². The largest absolute Gasteiger partial charge is 0.494 e. The quantitative estimate of drug-likeness (QED) is 0.875. The van der Waals surface area contributed by atoms with E-state index in [4.69, 9.17) is 4.74 Å². The maximum Gasteiger partial charge on any atom is 0.222 e. The van der Waals surface area contributed by atoms with Crippen molar-refractivity contribution < 1.29 is 9.53 Å². The SMILES string of the molecule is CCOc1ccc(CN(C)C(=O)CC2CCNCC2)cc1. The van der Waals surface area contributed by atoms with Gasteiger partial charge in [-0.05, 0) is 56.5 Å². The first-order chi connectivity index (χ1) is 10.2. The van der Waals surface area contributed by atoms with Crippen molar-refractivity contribution in [2.75, 3.05) is 26.7 Å². The van der Waals surface area contributed by atoms with Gasteiger partial charge in [-0.15, -0.1) is 0 Å². The third-order valence-electron chi connectivity index (χ3n) is 4.00. The molecule has 4 heteroatoms. The third-order valence-corrected chi connectivity index (χ3v) is 4.00. The van der Waals surface area contributed by atoms with Crippen LogP contribution in [0.5, 0.6) is 5.75 Å². The van der Waals surface area contributed by atoms with Gasteiger partial charge in [0, 0.05) is 20.0 Å². The van der Waals surface area contributed by atoms with Gasteiger partial charge >= 0.3 is 0 Å². The lowest BCUT2D eigenvalue weighted by atomic mass is 9.94. The number of hydrogen-bond acceptors (Lipinski definition) is 3. The summed E-state index contributed by atoms with van der Waals surface area (Å²) in [5, 5.41) is 3.34. The number of ether oxygens (including phenoxy) is 1. The van der Waals surface area contributed by atoms with Crippen LogP contribution in [0.15, 0.2) is 24.3 Å². The molecule has 1 aromatic carbocycles. The highest BCUT2D eigenvalue weighted by atomic mass is 16.5. The second-order valence-electron chi connectivity index (χ2n) is 5.72. The molecule has 1 N–H and O–H groups in total. The first kappa shape index (κ1) is 15.8. The average molecular weight is 290 g/mol. The summed E-state index contributed by atoms with van der Waals surface area (Å²) in [6, 6.07) is 7.98. The average Bonchev–Trinajstić information content (AvgIpc) is 2.50. The van der Waals surface area contributed by atoms with Crippen molar-refractivity contribution in [3.63, 3.8) is 0 Å². The molecule has 0 saturated carbocycles. The third kappa shape index (κ3) is 5.05. The van der Waals surface area contributed by atoms with Crippen molar-refractivity contribution in [2.45, 2.75) is 32.7 Å². The first-order valence-corrected chi connectivity index (χ1v) is 7.85. The summed E-state index contributed by atoms with van der Waals surface area (Å²) in [5.74, 6) is 1.67. The fourth-order valence-electron chi connectivity index (χ4n) is 2.71. The van der Waals surface area contributed by atoms with E-state index in [1.54, 1.807) is 0 Å². The molecule has 2 rings (SSSR count). The zero-order valence-electron chi connectivity index (χ0n) is 13.1. The Morgan fingerprint density at radius 2 is 1.95 bits per heavy atom. The molecule has 1 heterocycles. The van der Waals surface area contributed by atoms with Crippen LogP contribution in [0.3, 0.4) is 0 Å². The minimum absolute atomic E-state index is 0.246. The molecule has 0 spiro atoms. The minimum Gasteiger partial charge on any atom is -0.494 e. The fourth-order valence-corrected chi connectivity index (χ4v) is 2.71. The Morgan fingerprint density at radius 1 is 1.29 bits per heavy atom. The molecule has 0 aliphatic carbocycles. The topological polar surface area (TPSA) is 41.6 Å². The molecule has 1 aliphatic rings. The summed E-state index contributed by atoms with van der Waals surface area (Å²) in [4.78, 5) is 14.1. The number of nitrogens with zero attached hydrogens (tertiary/aromatic N) is 1. The summed E-state index contributed by atoms with van der Waals surface area (Å²) in [5.41, 5.74) is 1.14. The number of carbonyl (C=O) groups is 1.